The summed E-state index contributed by atoms with van der Waals surface area (Å²) < 4.78 is 12.9. The first-order valence-electron chi connectivity index (χ1n) is 10.3. The molecule has 0 spiro atoms. The molecule has 1 saturated heterocycles. The van der Waals surface area contributed by atoms with Gasteiger partial charge in [-0.05, 0) is 48.8 Å². The molecule has 1 aliphatic heterocycles. The third kappa shape index (κ3) is 4.48. The summed E-state index contributed by atoms with van der Waals surface area (Å²) in [7, 11) is 3.42. The van der Waals surface area contributed by atoms with Crippen LogP contribution in [0.2, 0.25) is 0 Å². The van der Waals surface area contributed by atoms with Crippen molar-refractivity contribution in [1.82, 2.24) is 24.9 Å². The minimum absolute atomic E-state index is 0.0835. The number of carbonyl (C=O) groups excluding carboxylic acids is 1. The lowest BCUT2D eigenvalue weighted by Crippen LogP contribution is -2.37. The van der Waals surface area contributed by atoms with Crippen LogP contribution >= 0.6 is 0 Å². The zero-order chi connectivity index (χ0) is 20.2. The van der Waals surface area contributed by atoms with Gasteiger partial charge in [-0.1, -0.05) is 5.21 Å². The molecule has 1 aliphatic carbocycles. The summed E-state index contributed by atoms with van der Waals surface area (Å²) in [5, 5.41) is 8.50. The molecule has 2 aromatic heterocycles. The van der Waals surface area contributed by atoms with Crippen LogP contribution in [0.1, 0.15) is 36.6 Å². The van der Waals surface area contributed by atoms with E-state index in [9.17, 15) is 4.79 Å². The van der Waals surface area contributed by atoms with E-state index in [0.29, 0.717) is 24.9 Å². The monoisotopic (exact) mass is 399 g/mol. The van der Waals surface area contributed by atoms with Crippen LogP contribution in [0, 0.1) is 11.8 Å². The molecule has 1 saturated carbocycles. The van der Waals surface area contributed by atoms with E-state index in [1.165, 1.54) is 0 Å². The van der Waals surface area contributed by atoms with Crippen LogP contribution in [0.5, 0.6) is 0 Å². The van der Waals surface area contributed by atoms with E-state index in [4.69, 9.17) is 9.47 Å². The fourth-order valence-electron chi connectivity index (χ4n) is 4.77. The van der Waals surface area contributed by atoms with Crippen LogP contribution < -0.4 is 0 Å². The molecule has 2 fully saturated rings. The minimum atomic E-state index is 0.0835. The number of aryl methyl sites for hydroxylation is 1. The largest absolute Gasteiger partial charge is 0.379 e. The Kier molecular flexibility index (Phi) is 6.20. The van der Waals surface area contributed by atoms with Gasteiger partial charge in [0, 0.05) is 46.1 Å². The van der Waals surface area contributed by atoms with Gasteiger partial charge in [0.25, 0.3) is 0 Å². The van der Waals surface area contributed by atoms with Crippen LogP contribution in [-0.4, -0.2) is 64.2 Å². The lowest BCUT2D eigenvalue weighted by molar-refractivity contribution is -0.130. The summed E-state index contributed by atoms with van der Waals surface area (Å²) in [6.45, 7) is 2.11. The third-order valence-corrected chi connectivity index (χ3v) is 6.31. The molecule has 2 aliphatic rings. The van der Waals surface area contributed by atoms with Gasteiger partial charge >= 0.3 is 0 Å². The Bertz CT molecular complexity index is 812. The number of pyridine rings is 1. The summed E-state index contributed by atoms with van der Waals surface area (Å²) in [5.74, 6) is 1.21. The number of hydrogen-bond acceptors (Lipinski definition) is 6. The molecule has 1 amide bonds. The second-order valence-corrected chi connectivity index (χ2v) is 8.11. The van der Waals surface area contributed by atoms with Crippen molar-refractivity contribution < 1.29 is 14.3 Å². The molecule has 2 aromatic rings. The number of aromatic nitrogens is 4. The Hall–Kier alpha value is -2.32. The van der Waals surface area contributed by atoms with Crippen molar-refractivity contribution >= 4 is 5.91 Å². The lowest BCUT2D eigenvalue weighted by Gasteiger charge is -2.36. The van der Waals surface area contributed by atoms with Crippen LogP contribution in [0.15, 0.2) is 30.7 Å². The van der Waals surface area contributed by atoms with Crippen molar-refractivity contribution in [1.29, 1.82) is 0 Å². The predicted octanol–water partition coefficient (Wildman–Crippen LogP) is 1.88. The topological polar surface area (TPSA) is 82.4 Å². The molecule has 8 nitrogen and oxygen atoms in total. The number of hydrogen-bond donors (Lipinski definition) is 0. The van der Waals surface area contributed by atoms with Gasteiger partial charge in [0.15, 0.2) is 0 Å². The van der Waals surface area contributed by atoms with Crippen molar-refractivity contribution in [3.05, 3.63) is 42.0 Å². The molecule has 0 bridgehead atoms. The highest BCUT2D eigenvalue weighted by Crippen LogP contribution is 2.42. The highest BCUT2D eigenvalue weighted by Gasteiger charge is 2.44. The number of amides is 1. The van der Waals surface area contributed by atoms with Gasteiger partial charge in [0.05, 0.1) is 24.9 Å². The number of methoxy groups -OCH3 is 2. The highest BCUT2D eigenvalue weighted by molar-refractivity contribution is 5.76. The molecule has 4 rings (SSSR count). The standard InChI is InChI=1S/C21H29N5O3/c1-28-14-18-13-26(24-23-18)19-9-16-11-25(12-17(16)10-20(19)29-2)21(27)4-3-15-5-7-22-8-6-15/h5-8,13,16-17,19-20H,3-4,9-12,14H2,1-2H3/t16-,17+,19-,20-/m1/s1. The molecule has 3 heterocycles. The van der Waals surface area contributed by atoms with Gasteiger partial charge in [-0.25, -0.2) is 4.68 Å². The second-order valence-electron chi connectivity index (χ2n) is 8.11. The fourth-order valence-corrected chi connectivity index (χ4v) is 4.77. The quantitative estimate of drug-likeness (QED) is 0.707. The Morgan fingerprint density at radius 1 is 1.17 bits per heavy atom. The van der Waals surface area contributed by atoms with Crippen molar-refractivity contribution in [2.45, 2.75) is 44.4 Å². The number of nitrogens with zero attached hydrogens (tertiary/aromatic N) is 5. The Labute approximate surface area is 171 Å². The maximum absolute atomic E-state index is 12.8. The smallest absolute Gasteiger partial charge is 0.222 e. The number of carbonyl (C=O) groups is 1. The zero-order valence-electron chi connectivity index (χ0n) is 17.1. The number of fused-ring (bicyclic) bond motifs is 1. The molecule has 8 heteroatoms. The summed E-state index contributed by atoms with van der Waals surface area (Å²) in [6, 6.07) is 4.09. The number of likely N-dealkylation sites (tertiary alicyclic amines) is 1. The number of ether oxygens (including phenoxy) is 2. The van der Waals surface area contributed by atoms with Crippen LogP contribution in [0.4, 0.5) is 0 Å². The molecular weight excluding hydrogens is 370 g/mol. The molecule has 0 N–H and O–H groups in total. The lowest BCUT2D eigenvalue weighted by atomic mass is 9.77. The van der Waals surface area contributed by atoms with E-state index >= 15 is 0 Å². The van der Waals surface area contributed by atoms with Gasteiger partial charge < -0.3 is 14.4 Å². The first kappa shape index (κ1) is 20.0. The zero-order valence-corrected chi connectivity index (χ0v) is 17.1. The van der Waals surface area contributed by atoms with Gasteiger partial charge in [-0.15, -0.1) is 5.10 Å². The minimum Gasteiger partial charge on any atom is -0.379 e. The van der Waals surface area contributed by atoms with E-state index in [0.717, 1.165) is 43.6 Å². The summed E-state index contributed by atoms with van der Waals surface area (Å²) in [5.41, 5.74) is 1.98. The molecular formula is C21H29N5O3. The van der Waals surface area contributed by atoms with Crippen molar-refractivity contribution in [2.24, 2.45) is 11.8 Å². The fraction of sp³-hybridized carbons (Fsp3) is 0.619. The van der Waals surface area contributed by atoms with E-state index in [1.54, 1.807) is 26.6 Å². The molecule has 4 atom stereocenters. The predicted molar refractivity (Wildman–Crippen MR) is 106 cm³/mol. The maximum Gasteiger partial charge on any atom is 0.222 e. The maximum atomic E-state index is 12.8. The normalized spacial score (nSPS) is 26.5. The molecule has 0 aromatic carbocycles. The van der Waals surface area contributed by atoms with Gasteiger partial charge in [-0.2, -0.15) is 0 Å². The Morgan fingerprint density at radius 3 is 2.66 bits per heavy atom. The SMILES string of the molecule is COCc1cn([C@@H]2C[C@@H]3CN(C(=O)CCc4ccncc4)C[C@@H]3C[C@H]2OC)nn1. The van der Waals surface area contributed by atoms with Crippen molar-refractivity contribution in [3.63, 3.8) is 0 Å². The van der Waals surface area contributed by atoms with Crippen molar-refractivity contribution in [2.75, 3.05) is 27.3 Å². The first-order chi connectivity index (χ1) is 14.2. The number of rotatable bonds is 7. The molecule has 29 heavy (non-hydrogen) atoms. The van der Waals surface area contributed by atoms with Crippen LogP contribution in [0.25, 0.3) is 0 Å². The van der Waals surface area contributed by atoms with E-state index in [1.807, 2.05) is 27.9 Å². The average Bonchev–Trinajstić information content (AvgIpc) is 3.38. The van der Waals surface area contributed by atoms with Gasteiger partial charge in [0.2, 0.25) is 5.91 Å². The van der Waals surface area contributed by atoms with E-state index < -0.39 is 0 Å². The molecule has 156 valence electrons. The van der Waals surface area contributed by atoms with Crippen molar-refractivity contribution in [3.8, 4) is 0 Å². The second kappa shape index (κ2) is 9.00. The van der Waals surface area contributed by atoms with Gasteiger partial charge in [-0.3, -0.25) is 9.78 Å². The average molecular weight is 399 g/mol. The molecule has 0 radical (unpaired) electrons. The first-order valence-corrected chi connectivity index (χ1v) is 10.3. The summed E-state index contributed by atoms with van der Waals surface area (Å²) in [6.07, 6.45) is 8.79. The van der Waals surface area contributed by atoms with Gasteiger partial charge in [0.1, 0.15) is 5.69 Å². The van der Waals surface area contributed by atoms with E-state index in [2.05, 4.69) is 15.3 Å². The Morgan fingerprint density at radius 2 is 1.93 bits per heavy atom. The highest BCUT2D eigenvalue weighted by atomic mass is 16.5. The molecule has 0 unspecified atom stereocenters. The summed E-state index contributed by atoms with van der Waals surface area (Å²) in [4.78, 5) is 18.9. The third-order valence-electron chi connectivity index (χ3n) is 6.31. The van der Waals surface area contributed by atoms with Crippen LogP contribution in [0.3, 0.4) is 0 Å². The Balaban J connectivity index is 1.37. The van der Waals surface area contributed by atoms with Crippen LogP contribution in [-0.2, 0) is 27.3 Å². The summed E-state index contributed by atoms with van der Waals surface area (Å²) >= 11 is 0. The van der Waals surface area contributed by atoms with E-state index in [-0.39, 0.29) is 18.1 Å².